The Labute approximate surface area is 179 Å². The van der Waals surface area contributed by atoms with Crippen molar-refractivity contribution in [2.75, 3.05) is 0 Å². The monoisotopic (exact) mass is 684 g/mol. The molecular weight excluding hydrogens is 680 g/mol. The van der Waals surface area contributed by atoms with Crippen molar-refractivity contribution in [3.05, 3.63) is 54.8 Å². The van der Waals surface area contributed by atoms with Crippen molar-refractivity contribution in [2.24, 2.45) is 0 Å². The van der Waals surface area contributed by atoms with E-state index in [-0.39, 0.29) is 5.95 Å². The first kappa shape index (κ1) is 19.5. The summed E-state index contributed by atoms with van der Waals surface area (Å²) in [6.45, 7) is 3.87. The molecule has 2 aliphatic carbocycles. The second kappa shape index (κ2) is 7.60. The van der Waals surface area contributed by atoms with Gasteiger partial charge < -0.3 is 9.47 Å². The zero-order valence-electron chi connectivity index (χ0n) is 11.0. The van der Waals surface area contributed by atoms with E-state index in [0.29, 0.717) is 12.8 Å². The van der Waals surface area contributed by atoms with Crippen molar-refractivity contribution in [2.45, 2.75) is 21.9 Å². The minimum absolute atomic E-state index is 0.214. The van der Waals surface area contributed by atoms with Gasteiger partial charge in [0, 0.05) is 30.8 Å². The van der Waals surface area contributed by atoms with E-state index in [9.17, 15) is 0 Å². The van der Waals surface area contributed by atoms with Gasteiger partial charge in [0.25, 0.3) is 5.95 Å². The fourth-order valence-corrected chi connectivity index (χ4v) is 8.05. The second-order valence-corrected chi connectivity index (χ2v) is 11.3. The molecule has 0 radical (unpaired) electrons. The fraction of sp³-hybridized carbons (Fsp3) is 0.286. The molecule has 2 aliphatic rings. The minimum atomic E-state index is -0.706. The molecule has 0 aromatic carbocycles. The van der Waals surface area contributed by atoms with Crippen molar-refractivity contribution in [3.63, 3.8) is 0 Å². The lowest BCUT2D eigenvalue weighted by Gasteiger charge is -2.33. The van der Waals surface area contributed by atoms with Crippen LogP contribution in [-0.4, -0.2) is 9.02 Å². The van der Waals surface area contributed by atoms with E-state index in [1.165, 1.54) is 0 Å². The average Bonchev–Trinajstić information content (AvgIpc) is 2.21. The molecule has 0 saturated heterocycles. The SMILES string of the molecule is C=C(OC1(Br)C=C(Br)C=C(Br)C1)OC1(Br)C=C(Br)C=C(Br)C1. The van der Waals surface area contributed by atoms with Gasteiger partial charge in [-0.1, -0.05) is 63.7 Å². The largest absolute Gasteiger partial charge is 0.443 e. The van der Waals surface area contributed by atoms with Crippen LogP contribution in [-0.2, 0) is 9.47 Å². The van der Waals surface area contributed by atoms with E-state index in [1.807, 2.05) is 24.3 Å². The molecule has 0 bridgehead atoms. The summed E-state index contributed by atoms with van der Waals surface area (Å²) in [5, 5.41) is 0. The predicted octanol–water partition coefficient (Wildman–Crippen LogP) is 7.60. The van der Waals surface area contributed by atoms with Gasteiger partial charge in [-0.3, -0.25) is 0 Å². The van der Waals surface area contributed by atoms with E-state index in [0.717, 1.165) is 17.9 Å². The van der Waals surface area contributed by atoms with Crippen LogP contribution < -0.4 is 0 Å². The molecule has 0 aliphatic heterocycles. The Morgan fingerprint density at radius 3 is 1.55 bits per heavy atom. The lowest BCUT2D eigenvalue weighted by Crippen LogP contribution is -2.29. The van der Waals surface area contributed by atoms with Gasteiger partial charge in [0.2, 0.25) is 0 Å². The van der Waals surface area contributed by atoms with Crippen LogP contribution in [0.25, 0.3) is 0 Å². The van der Waals surface area contributed by atoms with E-state index in [4.69, 9.17) is 9.47 Å². The van der Waals surface area contributed by atoms with Gasteiger partial charge in [-0.05, 0) is 62.7 Å². The molecule has 120 valence electrons. The maximum atomic E-state index is 5.87. The smallest absolute Gasteiger partial charge is 0.274 e. The van der Waals surface area contributed by atoms with Gasteiger partial charge in [0.15, 0.2) is 9.02 Å². The van der Waals surface area contributed by atoms with Gasteiger partial charge in [-0.2, -0.15) is 0 Å². The molecule has 0 aromatic rings. The second-order valence-electron chi connectivity index (χ2n) is 4.74. The van der Waals surface area contributed by atoms with Gasteiger partial charge in [0.1, 0.15) is 0 Å². The number of rotatable bonds is 4. The number of halogens is 6. The third-order valence-electron chi connectivity index (χ3n) is 2.68. The summed E-state index contributed by atoms with van der Waals surface area (Å²) >= 11 is 21.1. The molecule has 0 amide bonds. The molecule has 2 rings (SSSR count). The molecule has 0 fully saturated rings. The Kier molecular flexibility index (Phi) is 6.74. The van der Waals surface area contributed by atoms with Crippen LogP contribution in [0.4, 0.5) is 0 Å². The Morgan fingerprint density at radius 2 is 1.23 bits per heavy atom. The molecular formula is C14H10Br6O2. The highest BCUT2D eigenvalue weighted by atomic mass is 79.9. The Hall–Kier alpha value is 1.18. The van der Waals surface area contributed by atoms with Crippen molar-refractivity contribution in [3.8, 4) is 0 Å². The normalized spacial score (nSPS) is 31.5. The number of ether oxygens (including phenoxy) is 2. The first-order valence-corrected chi connectivity index (χ1v) is 10.8. The molecule has 2 unspecified atom stereocenters. The third kappa shape index (κ3) is 5.62. The molecule has 0 N–H and O–H groups in total. The molecule has 2 nitrogen and oxygen atoms in total. The van der Waals surface area contributed by atoms with Crippen LogP contribution in [0.5, 0.6) is 0 Å². The lowest BCUT2D eigenvalue weighted by atomic mass is 10.1. The summed E-state index contributed by atoms with van der Waals surface area (Å²) in [5.41, 5.74) is 0. The van der Waals surface area contributed by atoms with Crippen molar-refractivity contribution in [1.82, 2.24) is 0 Å². The van der Waals surface area contributed by atoms with E-state index >= 15 is 0 Å². The molecule has 8 heteroatoms. The number of alkyl halides is 2. The van der Waals surface area contributed by atoms with Crippen molar-refractivity contribution >= 4 is 95.6 Å². The maximum Gasteiger partial charge on any atom is 0.274 e. The van der Waals surface area contributed by atoms with Crippen LogP contribution in [0.15, 0.2) is 54.8 Å². The first-order valence-electron chi connectivity index (χ1n) is 6.03. The van der Waals surface area contributed by atoms with Crippen LogP contribution in [0, 0.1) is 0 Å². The third-order valence-corrected chi connectivity index (χ3v) is 5.96. The highest BCUT2D eigenvalue weighted by molar-refractivity contribution is 9.13. The summed E-state index contributed by atoms with van der Waals surface area (Å²) in [5.74, 6) is 0.214. The minimum Gasteiger partial charge on any atom is -0.443 e. The van der Waals surface area contributed by atoms with Gasteiger partial charge in [-0.25, -0.2) is 0 Å². The molecule has 22 heavy (non-hydrogen) atoms. The summed E-state index contributed by atoms with van der Waals surface area (Å²) < 4.78 is 14.2. The topological polar surface area (TPSA) is 18.5 Å². The molecule has 0 saturated carbocycles. The highest BCUT2D eigenvalue weighted by Crippen LogP contribution is 2.43. The zero-order chi connectivity index (χ0) is 16.5. The Morgan fingerprint density at radius 1 is 0.864 bits per heavy atom. The zero-order valence-corrected chi connectivity index (χ0v) is 20.5. The predicted molar refractivity (Wildman–Crippen MR) is 112 cm³/mol. The van der Waals surface area contributed by atoms with Crippen LogP contribution in [0.1, 0.15) is 12.8 Å². The molecule has 0 heterocycles. The molecule has 2 atom stereocenters. The van der Waals surface area contributed by atoms with Crippen LogP contribution in [0.2, 0.25) is 0 Å². The van der Waals surface area contributed by atoms with Crippen molar-refractivity contribution < 1.29 is 9.47 Å². The van der Waals surface area contributed by atoms with Crippen LogP contribution >= 0.6 is 95.6 Å². The van der Waals surface area contributed by atoms with Gasteiger partial charge in [0.05, 0.1) is 0 Å². The number of allylic oxidation sites excluding steroid dienone is 4. The standard InChI is InChI=1S/C14H10Br6O2/c1-8(21-13(19)4-9(15)2-10(16)5-13)22-14(20)6-11(17)3-12(18)7-14/h2-4,6H,1,5,7H2. The Balaban J connectivity index is 2.05. The fourth-order valence-electron chi connectivity index (χ4n) is 1.99. The lowest BCUT2D eigenvalue weighted by molar-refractivity contribution is -0.0280. The molecule has 0 aromatic heterocycles. The van der Waals surface area contributed by atoms with Gasteiger partial charge >= 0.3 is 0 Å². The highest BCUT2D eigenvalue weighted by Gasteiger charge is 2.35. The van der Waals surface area contributed by atoms with E-state index in [1.54, 1.807) is 0 Å². The Bertz CT molecular complexity index is 569. The summed E-state index contributed by atoms with van der Waals surface area (Å²) in [6, 6.07) is 0. The summed E-state index contributed by atoms with van der Waals surface area (Å²) in [6.07, 6.45) is 9.03. The van der Waals surface area contributed by atoms with E-state index < -0.39 is 9.02 Å². The molecule has 0 spiro atoms. The number of hydrogen-bond acceptors (Lipinski definition) is 2. The average molecular weight is 690 g/mol. The first-order chi connectivity index (χ1) is 10.1. The quantitative estimate of drug-likeness (QED) is 0.224. The van der Waals surface area contributed by atoms with Gasteiger partial charge in [-0.15, -0.1) is 0 Å². The summed E-state index contributed by atoms with van der Waals surface area (Å²) in [7, 11) is 0. The number of hydrogen-bond donors (Lipinski definition) is 0. The maximum absolute atomic E-state index is 5.87. The van der Waals surface area contributed by atoms with Crippen LogP contribution in [0.3, 0.4) is 0 Å². The van der Waals surface area contributed by atoms with Crippen molar-refractivity contribution in [1.29, 1.82) is 0 Å². The summed E-state index contributed by atoms with van der Waals surface area (Å²) in [4.78, 5) is 0. The van der Waals surface area contributed by atoms with E-state index in [2.05, 4.69) is 102 Å².